The van der Waals surface area contributed by atoms with Crippen LogP contribution >= 0.6 is 11.8 Å². The monoisotopic (exact) mass is 555 g/mol. The zero-order valence-electron chi connectivity index (χ0n) is 22.5. The number of non-ortho nitro benzene ring substituents is 1. The number of benzene rings is 3. The van der Waals surface area contributed by atoms with Crippen LogP contribution in [0.25, 0.3) is 5.69 Å². The van der Waals surface area contributed by atoms with Crippen molar-refractivity contribution >= 4 is 23.4 Å². The lowest BCUT2D eigenvalue weighted by atomic mass is 9.88. The molecule has 1 aliphatic rings. The number of nitro benzene ring substituents is 1. The Balaban J connectivity index is 1.52. The number of carbonyl (C=O) groups excluding carboxylic acids is 1. The number of nitro groups is 1. The Bertz CT molecular complexity index is 1450. The summed E-state index contributed by atoms with van der Waals surface area (Å²) in [5, 5.41) is 24.5. The van der Waals surface area contributed by atoms with Crippen LogP contribution in [-0.4, -0.2) is 25.6 Å². The first-order chi connectivity index (χ1) is 19.5. The van der Waals surface area contributed by atoms with Crippen LogP contribution < -0.4 is 5.32 Å². The summed E-state index contributed by atoms with van der Waals surface area (Å²) in [6, 6.07) is 24.3. The second kappa shape index (κ2) is 12.9. The van der Waals surface area contributed by atoms with Crippen molar-refractivity contribution in [2.45, 2.75) is 62.4 Å². The van der Waals surface area contributed by atoms with E-state index < -0.39 is 11.0 Å². The number of thioether (sulfide) groups is 1. The molecule has 0 spiro atoms. The summed E-state index contributed by atoms with van der Waals surface area (Å²) < 4.78 is 1.93. The molecule has 1 fully saturated rings. The van der Waals surface area contributed by atoms with Crippen LogP contribution in [0.2, 0.25) is 0 Å². The van der Waals surface area contributed by atoms with E-state index in [1.807, 2.05) is 41.0 Å². The van der Waals surface area contributed by atoms with Gasteiger partial charge in [-0.2, -0.15) is 0 Å². The van der Waals surface area contributed by atoms with Gasteiger partial charge in [-0.15, -0.1) is 10.2 Å². The molecule has 1 N–H and O–H groups in total. The van der Waals surface area contributed by atoms with Gasteiger partial charge in [0.25, 0.3) is 5.69 Å². The first kappa shape index (κ1) is 27.6. The van der Waals surface area contributed by atoms with E-state index in [2.05, 4.69) is 40.6 Å². The van der Waals surface area contributed by atoms with Gasteiger partial charge in [-0.25, -0.2) is 0 Å². The fourth-order valence-electron chi connectivity index (χ4n) is 5.23. The van der Waals surface area contributed by atoms with Crippen molar-refractivity contribution in [2.75, 3.05) is 0 Å². The third-order valence-electron chi connectivity index (χ3n) is 7.31. The van der Waals surface area contributed by atoms with E-state index in [1.54, 1.807) is 23.9 Å². The molecule has 1 atom stereocenters. The Hall–Kier alpha value is -3.98. The number of rotatable bonds is 10. The van der Waals surface area contributed by atoms with Crippen molar-refractivity contribution in [2.24, 2.45) is 5.92 Å². The Labute approximate surface area is 238 Å². The Morgan fingerprint density at radius 3 is 2.42 bits per heavy atom. The van der Waals surface area contributed by atoms with E-state index in [4.69, 9.17) is 0 Å². The van der Waals surface area contributed by atoms with Crippen LogP contribution in [0.15, 0.2) is 84.0 Å². The van der Waals surface area contributed by atoms with Crippen molar-refractivity contribution in [1.82, 2.24) is 20.1 Å². The Kier molecular flexibility index (Phi) is 8.91. The molecule has 0 bridgehead atoms. The van der Waals surface area contributed by atoms with E-state index >= 15 is 0 Å². The lowest BCUT2D eigenvalue weighted by molar-refractivity contribution is -0.384. The largest absolute Gasteiger partial charge is 0.345 e. The molecule has 1 heterocycles. The minimum absolute atomic E-state index is 0.00191. The predicted molar refractivity (Wildman–Crippen MR) is 156 cm³/mol. The molecular formula is C31H33N5O3S. The smallest absolute Gasteiger partial charge is 0.269 e. The van der Waals surface area contributed by atoms with Gasteiger partial charge < -0.3 is 5.32 Å². The topological polar surface area (TPSA) is 103 Å². The standard InChI is InChI=1S/C31H33N5O3S/c1-22-9-8-12-24(19-22)21-40-31-34-33-29(35(31)26-15-17-27(18-16-26)36(38)39)28(20-23-10-4-2-5-11-23)32-30(37)25-13-6-3-7-14-25/h2,4-5,8-12,15-19,25,28H,3,6-7,13-14,20-21H2,1H3,(H,32,37). The fraction of sp³-hybridized carbons (Fsp3) is 0.323. The van der Waals surface area contributed by atoms with Crippen molar-refractivity contribution in [3.63, 3.8) is 0 Å². The lowest BCUT2D eigenvalue weighted by Crippen LogP contribution is -2.37. The normalized spacial score (nSPS) is 14.5. The highest BCUT2D eigenvalue weighted by atomic mass is 32.2. The van der Waals surface area contributed by atoms with Gasteiger partial charge in [0, 0.05) is 29.5 Å². The van der Waals surface area contributed by atoms with Gasteiger partial charge in [0.15, 0.2) is 11.0 Å². The van der Waals surface area contributed by atoms with Gasteiger partial charge in [-0.05, 0) is 49.4 Å². The summed E-state index contributed by atoms with van der Waals surface area (Å²) >= 11 is 1.55. The number of nitrogens with one attached hydrogen (secondary N) is 1. The average molecular weight is 556 g/mol. The van der Waals surface area contributed by atoms with Crippen LogP contribution in [0, 0.1) is 23.0 Å². The number of amides is 1. The molecule has 0 saturated heterocycles. The maximum atomic E-state index is 13.4. The van der Waals surface area contributed by atoms with Gasteiger partial charge in [0.1, 0.15) is 0 Å². The van der Waals surface area contributed by atoms with E-state index in [0.29, 0.717) is 28.8 Å². The summed E-state index contributed by atoms with van der Waals surface area (Å²) in [4.78, 5) is 24.4. The summed E-state index contributed by atoms with van der Waals surface area (Å²) in [6.07, 6.45) is 5.66. The van der Waals surface area contributed by atoms with Gasteiger partial charge in [0.2, 0.25) is 5.91 Å². The molecule has 1 unspecified atom stereocenters. The molecule has 40 heavy (non-hydrogen) atoms. The van der Waals surface area contributed by atoms with Crippen molar-refractivity contribution in [3.05, 3.63) is 111 Å². The van der Waals surface area contributed by atoms with Crippen LogP contribution in [-0.2, 0) is 17.0 Å². The number of aryl methyl sites for hydroxylation is 1. The van der Waals surface area contributed by atoms with Crippen molar-refractivity contribution in [1.29, 1.82) is 0 Å². The maximum absolute atomic E-state index is 13.4. The molecule has 1 aromatic heterocycles. The molecule has 5 rings (SSSR count). The second-order valence-corrected chi connectivity index (χ2v) is 11.3. The van der Waals surface area contributed by atoms with E-state index in [9.17, 15) is 14.9 Å². The number of hydrogen-bond acceptors (Lipinski definition) is 6. The maximum Gasteiger partial charge on any atom is 0.269 e. The van der Waals surface area contributed by atoms with Gasteiger partial charge in [0.05, 0.1) is 11.0 Å². The van der Waals surface area contributed by atoms with Crippen molar-refractivity contribution < 1.29 is 9.72 Å². The Morgan fingerprint density at radius 2 is 1.73 bits per heavy atom. The summed E-state index contributed by atoms with van der Waals surface area (Å²) in [7, 11) is 0. The molecule has 0 radical (unpaired) electrons. The molecule has 4 aromatic rings. The first-order valence-corrected chi connectivity index (χ1v) is 14.7. The zero-order chi connectivity index (χ0) is 27.9. The van der Waals surface area contributed by atoms with Crippen LogP contribution in [0.5, 0.6) is 0 Å². The fourth-order valence-corrected chi connectivity index (χ4v) is 6.13. The summed E-state index contributed by atoms with van der Waals surface area (Å²) in [5.74, 6) is 1.34. The molecule has 8 nitrogen and oxygen atoms in total. The summed E-state index contributed by atoms with van der Waals surface area (Å²) in [5.41, 5.74) is 4.14. The van der Waals surface area contributed by atoms with Crippen LogP contribution in [0.1, 0.15) is 60.7 Å². The highest BCUT2D eigenvalue weighted by Crippen LogP contribution is 2.31. The number of nitrogens with zero attached hydrogens (tertiary/aromatic N) is 4. The minimum atomic E-state index is -0.423. The van der Waals surface area contributed by atoms with Crippen LogP contribution in [0.4, 0.5) is 5.69 Å². The van der Waals surface area contributed by atoms with Crippen molar-refractivity contribution in [3.8, 4) is 5.69 Å². The molecule has 3 aromatic carbocycles. The average Bonchev–Trinajstić information content (AvgIpc) is 3.41. The lowest BCUT2D eigenvalue weighted by Gasteiger charge is -2.25. The molecule has 0 aliphatic heterocycles. The number of hydrogen-bond donors (Lipinski definition) is 1. The summed E-state index contributed by atoms with van der Waals surface area (Å²) in [6.45, 7) is 2.06. The Morgan fingerprint density at radius 1 is 1.00 bits per heavy atom. The minimum Gasteiger partial charge on any atom is -0.345 e. The van der Waals surface area contributed by atoms with E-state index in [1.165, 1.54) is 24.1 Å². The highest BCUT2D eigenvalue weighted by molar-refractivity contribution is 7.98. The molecule has 206 valence electrons. The molecular weight excluding hydrogens is 522 g/mol. The van der Waals surface area contributed by atoms with E-state index in [0.717, 1.165) is 36.8 Å². The SMILES string of the molecule is Cc1cccc(CSc2nnc(C(Cc3ccccc3)NC(=O)C3CCCCC3)n2-c2ccc([N+](=O)[O-])cc2)c1. The molecule has 9 heteroatoms. The molecule has 1 amide bonds. The third kappa shape index (κ3) is 6.77. The van der Waals surface area contributed by atoms with Crippen LogP contribution in [0.3, 0.4) is 0 Å². The number of aromatic nitrogens is 3. The number of carbonyl (C=O) groups is 1. The van der Waals surface area contributed by atoms with Gasteiger partial charge in [-0.3, -0.25) is 19.5 Å². The van der Waals surface area contributed by atoms with Gasteiger partial charge in [-0.1, -0.05) is 91.2 Å². The predicted octanol–water partition coefficient (Wildman–Crippen LogP) is 6.76. The third-order valence-corrected chi connectivity index (χ3v) is 8.31. The first-order valence-electron chi connectivity index (χ1n) is 13.7. The highest BCUT2D eigenvalue weighted by Gasteiger charge is 2.28. The molecule has 1 saturated carbocycles. The zero-order valence-corrected chi connectivity index (χ0v) is 23.3. The van der Waals surface area contributed by atoms with Gasteiger partial charge >= 0.3 is 0 Å². The van der Waals surface area contributed by atoms with E-state index in [-0.39, 0.29) is 17.5 Å². The molecule has 1 aliphatic carbocycles. The quantitative estimate of drug-likeness (QED) is 0.132. The second-order valence-electron chi connectivity index (χ2n) is 10.3.